The lowest BCUT2D eigenvalue weighted by Crippen LogP contribution is -2.18. The van der Waals surface area contributed by atoms with Gasteiger partial charge in [-0.05, 0) is 38.0 Å². The molecule has 132 valence electrons. The van der Waals surface area contributed by atoms with Crippen molar-refractivity contribution in [2.75, 3.05) is 5.73 Å². The van der Waals surface area contributed by atoms with Gasteiger partial charge >= 0.3 is 6.01 Å². The van der Waals surface area contributed by atoms with Crippen LogP contribution in [-0.2, 0) is 6.42 Å². The third-order valence-corrected chi connectivity index (χ3v) is 4.98. The van der Waals surface area contributed by atoms with Crippen LogP contribution in [0.1, 0.15) is 65.0 Å². The Morgan fingerprint density at radius 3 is 3.00 bits per heavy atom. The van der Waals surface area contributed by atoms with Crippen LogP contribution in [0.25, 0.3) is 5.65 Å². The summed E-state index contributed by atoms with van der Waals surface area (Å²) >= 11 is 0. The molecule has 2 aromatic heterocycles. The molecule has 1 saturated carbocycles. The first-order valence-corrected chi connectivity index (χ1v) is 9.23. The van der Waals surface area contributed by atoms with Crippen LogP contribution in [0.4, 0.5) is 5.82 Å². The van der Waals surface area contributed by atoms with Gasteiger partial charge in [-0.3, -0.25) is 0 Å². The minimum Gasteiger partial charge on any atom is -0.459 e. The van der Waals surface area contributed by atoms with Gasteiger partial charge in [0.15, 0.2) is 11.5 Å². The standard InChI is InChI=1S/C18H29N5O/c1-4-6-13(3)24-18-21-16(19)17-20-11-15(23(17)22-18)10-14-8-5-7-12(2)9-14/h11-14H,4-10H2,1-3H3,(H2,19,21,22)/t12-,13-,14+/m0/s1. The molecule has 3 rings (SSSR count). The van der Waals surface area contributed by atoms with E-state index in [1.165, 1.54) is 25.7 Å². The van der Waals surface area contributed by atoms with E-state index in [-0.39, 0.29) is 6.10 Å². The Labute approximate surface area is 143 Å². The fourth-order valence-corrected chi connectivity index (χ4v) is 3.80. The lowest BCUT2D eigenvalue weighted by atomic mass is 9.80. The number of aromatic nitrogens is 4. The van der Waals surface area contributed by atoms with E-state index >= 15 is 0 Å². The molecule has 6 nitrogen and oxygen atoms in total. The molecule has 0 unspecified atom stereocenters. The number of nitrogens with two attached hydrogens (primary N) is 1. The molecule has 0 amide bonds. The fraction of sp³-hybridized carbons (Fsp3) is 0.722. The molecule has 1 aliphatic carbocycles. The highest BCUT2D eigenvalue weighted by atomic mass is 16.5. The fourth-order valence-electron chi connectivity index (χ4n) is 3.80. The van der Waals surface area contributed by atoms with E-state index in [0.717, 1.165) is 30.9 Å². The van der Waals surface area contributed by atoms with Gasteiger partial charge < -0.3 is 10.5 Å². The van der Waals surface area contributed by atoms with Crippen LogP contribution in [0.15, 0.2) is 6.20 Å². The van der Waals surface area contributed by atoms with Crippen LogP contribution in [-0.4, -0.2) is 25.7 Å². The van der Waals surface area contributed by atoms with Crippen molar-refractivity contribution >= 4 is 11.5 Å². The maximum Gasteiger partial charge on any atom is 0.336 e. The van der Waals surface area contributed by atoms with Crippen molar-refractivity contribution < 1.29 is 4.74 Å². The molecule has 3 atom stereocenters. The number of rotatable bonds is 6. The van der Waals surface area contributed by atoms with Crippen LogP contribution in [0.5, 0.6) is 6.01 Å². The molecule has 2 aromatic rings. The molecule has 0 radical (unpaired) electrons. The average Bonchev–Trinajstić information content (AvgIpc) is 2.91. The number of hydrogen-bond acceptors (Lipinski definition) is 5. The Morgan fingerprint density at radius 1 is 1.42 bits per heavy atom. The molecule has 0 spiro atoms. The SMILES string of the molecule is CCC[C@H](C)Oc1nc(N)c2ncc(C[C@@H]3CCC[C@H](C)C3)n2n1. The normalized spacial score (nSPS) is 22.6. The van der Waals surface area contributed by atoms with Crippen LogP contribution >= 0.6 is 0 Å². The molecule has 0 saturated heterocycles. The molecule has 2 N–H and O–H groups in total. The summed E-state index contributed by atoms with van der Waals surface area (Å²) in [6.07, 6.45) is 10.2. The van der Waals surface area contributed by atoms with E-state index in [1.807, 2.05) is 17.6 Å². The molecular formula is C18H29N5O. The van der Waals surface area contributed by atoms with Gasteiger partial charge in [0.1, 0.15) is 0 Å². The molecule has 0 aliphatic heterocycles. The lowest BCUT2D eigenvalue weighted by Gasteiger charge is -2.26. The number of nitrogens with zero attached hydrogens (tertiary/aromatic N) is 4. The highest BCUT2D eigenvalue weighted by Gasteiger charge is 2.21. The number of hydrogen-bond donors (Lipinski definition) is 1. The minimum absolute atomic E-state index is 0.0815. The van der Waals surface area contributed by atoms with Crippen molar-refractivity contribution in [1.82, 2.24) is 19.6 Å². The summed E-state index contributed by atoms with van der Waals surface area (Å²) in [7, 11) is 0. The Balaban J connectivity index is 1.82. The maximum absolute atomic E-state index is 6.06. The van der Waals surface area contributed by atoms with Crippen molar-refractivity contribution in [3.8, 4) is 6.01 Å². The van der Waals surface area contributed by atoms with Crippen molar-refractivity contribution in [1.29, 1.82) is 0 Å². The summed E-state index contributed by atoms with van der Waals surface area (Å²) in [5, 5.41) is 4.54. The third-order valence-electron chi connectivity index (χ3n) is 4.98. The average molecular weight is 331 g/mol. The number of fused-ring (bicyclic) bond motifs is 1. The third kappa shape index (κ3) is 3.79. The van der Waals surface area contributed by atoms with E-state index in [0.29, 0.717) is 23.4 Å². The predicted octanol–water partition coefficient (Wildman–Crippen LogP) is 3.64. The summed E-state index contributed by atoms with van der Waals surface area (Å²) in [5.41, 5.74) is 7.79. The first kappa shape index (κ1) is 17.0. The molecular weight excluding hydrogens is 302 g/mol. The zero-order valence-electron chi connectivity index (χ0n) is 15.0. The van der Waals surface area contributed by atoms with Crippen LogP contribution in [0, 0.1) is 11.8 Å². The Morgan fingerprint density at radius 2 is 2.25 bits per heavy atom. The summed E-state index contributed by atoms with van der Waals surface area (Å²) in [5.74, 6) is 1.90. The van der Waals surface area contributed by atoms with Crippen molar-refractivity contribution in [2.45, 2.75) is 71.8 Å². The van der Waals surface area contributed by atoms with Gasteiger partial charge in [0.25, 0.3) is 0 Å². The number of imidazole rings is 1. The Kier molecular flexibility index (Phi) is 5.21. The van der Waals surface area contributed by atoms with Gasteiger partial charge in [0, 0.05) is 0 Å². The van der Waals surface area contributed by atoms with Gasteiger partial charge in [-0.2, -0.15) is 4.98 Å². The van der Waals surface area contributed by atoms with Crippen LogP contribution < -0.4 is 10.5 Å². The van der Waals surface area contributed by atoms with Gasteiger partial charge in [-0.1, -0.05) is 39.5 Å². The van der Waals surface area contributed by atoms with E-state index < -0.39 is 0 Å². The van der Waals surface area contributed by atoms with Gasteiger partial charge in [-0.15, -0.1) is 5.10 Å². The Bertz CT molecular complexity index is 683. The predicted molar refractivity (Wildman–Crippen MR) is 95.0 cm³/mol. The highest BCUT2D eigenvalue weighted by molar-refractivity contribution is 5.59. The number of anilines is 1. The molecule has 0 aromatic carbocycles. The quantitative estimate of drug-likeness (QED) is 0.874. The summed E-state index contributed by atoms with van der Waals surface area (Å²) < 4.78 is 7.65. The second-order valence-electron chi connectivity index (χ2n) is 7.32. The first-order chi connectivity index (χ1) is 11.6. The molecule has 0 bridgehead atoms. The molecule has 1 fully saturated rings. The summed E-state index contributed by atoms with van der Waals surface area (Å²) in [6, 6.07) is 0.345. The smallest absolute Gasteiger partial charge is 0.336 e. The second-order valence-corrected chi connectivity index (χ2v) is 7.32. The highest BCUT2D eigenvalue weighted by Crippen LogP contribution is 2.31. The Hall–Kier alpha value is -1.85. The molecule has 2 heterocycles. The molecule has 24 heavy (non-hydrogen) atoms. The largest absolute Gasteiger partial charge is 0.459 e. The topological polar surface area (TPSA) is 78.3 Å². The van der Waals surface area contributed by atoms with E-state index in [2.05, 4.69) is 28.9 Å². The molecule has 1 aliphatic rings. The number of nitrogen functional groups attached to an aromatic ring is 1. The van der Waals surface area contributed by atoms with Crippen molar-refractivity contribution in [2.24, 2.45) is 11.8 Å². The van der Waals surface area contributed by atoms with Crippen molar-refractivity contribution in [3.63, 3.8) is 0 Å². The zero-order valence-corrected chi connectivity index (χ0v) is 15.0. The first-order valence-electron chi connectivity index (χ1n) is 9.23. The molecule has 6 heteroatoms. The van der Waals surface area contributed by atoms with E-state index in [1.54, 1.807) is 0 Å². The van der Waals surface area contributed by atoms with Crippen LogP contribution in [0.3, 0.4) is 0 Å². The van der Waals surface area contributed by atoms with E-state index in [4.69, 9.17) is 10.5 Å². The van der Waals surface area contributed by atoms with Gasteiger partial charge in [-0.25, -0.2) is 9.50 Å². The van der Waals surface area contributed by atoms with Crippen LogP contribution in [0.2, 0.25) is 0 Å². The van der Waals surface area contributed by atoms with Crippen molar-refractivity contribution in [3.05, 3.63) is 11.9 Å². The van der Waals surface area contributed by atoms with E-state index in [9.17, 15) is 0 Å². The summed E-state index contributed by atoms with van der Waals surface area (Å²) in [4.78, 5) is 8.67. The maximum atomic E-state index is 6.06. The second kappa shape index (κ2) is 7.36. The summed E-state index contributed by atoms with van der Waals surface area (Å²) in [6.45, 7) is 6.52. The minimum atomic E-state index is 0.0815. The monoisotopic (exact) mass is 331 g/mol. The van der Waals surface area contributed by atoms with Gasteiger partial charge in [0.2, 0.25) is 0 Å². The van der Waals surface area contributed by atoms with Gasteiger partial charge in [0.05, 0.1) is 18.0 Å². The number of ether oxygens (including phenoxy) is 1. The lowest BCUT2D eigenvalue weighted by molar-refractivity contribution is 0.189. The zero-order chi connectivity index (χ0) is 17.1.